The van der Waals surface area contributed by atoms with E-state index in [4.69, 9.17) is 5.73 Å². The van der Waals surface area contributed by atoms with E-state index in [1.54, 1.807) is 11.8 Å². The summed E-state index contributed by atoms with van der Waals surface area (Å²) in [6.45, 7) is 6.46. The molecule has 3 rings (SSSR count). The summed E-state index contributed by atoms with van der Waals surface area (Å²) in [6.07, 6.45) is 0.851. The highest BCUT2D eigenvalue weighted by Crippen LogP contribution is 2.29. The maximum absolute atomic E-state index is 12.9. The van der Waals surface area contributed by atoms with Crippen molar-refractivity contribution in [3.63, 3.8) is 0 Å². The number of hydrogen-bond donors (Lipinski definition) is 2. The van der Waals surface area contributed by atoms with E-state index in [9.17, 15) is 14.4 Å². The summed E-state index contributed by atoms with van der Waals surface area (Å²) in [7, 11) is 0. The van der Waals surface area contributed by atoms with Crippen molar-refractivity contribution in [1.82, 2.24) is 15.1 Å². The van der Waals surface area contributed by atoms with Crippen LogP contribution < -0.4 is 11.1 Å². The van der Waals surface area contributed by atoms with Crippen LogP contribution in [0.15, 0.2) is 24.3 Å². The lowest BCUT2D eigenvalue weighted by atomic mass is 9.91. The summed E-state index contributed by atoms with van der Waals surface area (Å²) in [5.74, 6) is -0.345. The summed E-state index contributed by atoms with van der Waals surface area (Å²) in [4.78, 5) is 40.7. The minimum Gasteiger partial charge on any atom is -0.338 e. The first-order valence-electron chi connectivity index (χ1n) is 8.97. The second-order valence-corrected chi connectivity index (χ2v) is 7.55. The van der Waals surface area contributed by atoms with E-state index in [-0.39, 0.29) is 24.4 Å². The lowest BCUT2D eigenvalue weighted by Gasteiger charge is -2.25. The molecule has 7 nitrogen and oxygen atoms in total. The number of benzene rings is 1. The fraction of sp³-hybridized carbons (Fsp3) is 0.526. The van der Waals surface area contributed by atoms with Crippen LogP contribution >= 0.6 is 0 Å². The Labute approximate surface area is 153 Å². The van der Waals surface area contributed by atoms with E-state index >= 15 is 0 Å². The lowest BCUT2D eigenvalue weighted by molar-refractivity contribution is -0.139. The molecule has 3 atom stereocenters. The largest absolute Gasteiger partial charge is 0.338 e. The molecule has 2 fully saturated rings. The summed E-state index contributed by atoms with van der Waals surface area (Å²) in [5, 5.41) is 2.74. The number of carbonyl (C=O) groups is 3. The zero-order chi connectivity index (χ0) is 19.1. The van der Waals surface area contributed by atoms with Crippen LogP contribution in [-0.2, 0) is 15.1 Å². The summed E-state index contributed by atoms with van der Waals surface area (Å²) in [6, 6.07) is 6.98. The van der Waals surface area contributed by atoms with Crippen molar-refractivity contribution in [2.45, 2.75) is 38.8 Å². The molecular weight excluding hydrogens is 332 g/mol. The molecule has 0 aromatic heterocycles. The molecule has 1 aromatic carbocycles. The lowest BCUT2D eigenvalue weighted by Crippen LogP contribution is -2.45. The third-order valence-electron chi connectivity index (χ3n) is 5.51. The fourth-order valence-electron chi connectivity index (χ4n) is 3.81. The van der Waals surface area contributed by atoms with Crippen LogP contribution in [0.4, 0.5) is 4.79 Å². The van der Waals surface area contributed by atoms with Crippen LogP contribution in [0.2, 0.25) is 0 Å². The number of likely N-dealkylation sites (tertiary alicyclic amines) is 1. The molecule has 26 heavy (non-hydrogen) atoms. The van der Waals surface area contributed by atoms with Crippen LogP contribution in [-0.4, -0.2) is 53.3 Å². The van der Waals surface area contributed by atoms with Gasteiger partial charge in [-0.3, -0.25) is 14.5 Å². The number of nitrogens with one attached hydrogen (secondary N) is 1. The zero-order valence-corrected chi connectivity index (χ0v) is 15.5. The molecule has 2 saturated heterocycles. The molecule has 0 saturated carbocycles. The van der Waals surface area contributed by atoms with Crippen LogP contribution in [0.3, 0.4) is 0 Å². The maximum Gasteiger partial charge on any atom is 0.325 e. The van der Waals surface area contributed by atoms with Gasteiger partial charge >= 0.3 is 6.03 Å². The number of aryl methyl sites for hydroxylation is 1. The average molecular weight is 358 g/mol. The molecule has 0 spiro atoms. The van der Waals surface area contributed by atoms with Crippen molar-refractivity contribution >= 4 is 17.8 Å². The van der Waals surface area contributed by atoms with E-state index in [0.29, 0.717) is 18.7 Å². The number of rotatable bonds is 4. The number of nitrogens with two attached hydrogens (primary N) is 1. The predicted octanol–water partition coefficient (Wildman–Crippen LogP) is 0.958. The van der Waals surface area contributed by atoms with Gasteiger partial charge in [0, 0.05) is 12.6 Å². The van der Waals surface area contributed by atoms with E-state index in [1.165, 1.54) is 0 Å². The van der Waals surface area contributed by atoms with Gasteiger partial charge in [-0.15, -0.1) is 0 Å². The first kappa shape index (κ1) is 18.4. The van der Waals surface area contributed by atoms with Crippen LogP contribution in [0, 0.1) is 12.8 Å². The van der Waals surface area contributed by atoms with Gasteiger partial charge in [0.15, 0.2) is 0 Å². The van der Waals surface area contributed by atoms with Gasteiger partial charge in [-0.2, -0.15) is 0 Å². The third-order valence-corrected chi connectivity index (χ3v) is 5.51. The molecule has 0 bridgehead atoms. The van der Waals surface area contributed by atoms with E-state index in [0.717, 1.165) is 16.9 Å². The number of imide groups is 1. The van der Waals surface area contributed by atoms with E-state index in [1.807, 2.05) is 38.1 Å². The van der Waals surface area contributed by atoms with Crippen molar-refractivity contribution in [2.24, 2.45) is 11.7 Å². The molecule has 4 amide bonds. The zero-order valence-electron chi connectivity index (χ0n) is 15.5. The predicted molar refractivity (Wildman–Crippen MR) is 97.1 cm³/mol. The smallest absolute Gasteiger partial charge is 0.325 e. The van der Waals surface area contributed by atoms with Gasteiger partial charge in [0.25, 0.3) is 5.91 Å². The van der Waals surface area contributed by atoms with Gasteiger partial charge in [0.05, 0.1) is 0 Å². The third kappa shape index (κ3) is 3.07. The second-order valence-electron chi connectivity index (χ2n) is 7.55. The number of urea groups is 1. The minimum absolute atomic E-state index is 0.0697. The summed E-state index contributed by atoms with van der Waals surface area (Å²) < 4.78 is 0. The number of carbonyl (C=O) groups excluding carboxylic acids is 3. The molecule has 1 aromatic rings. The van der Waals surface area contributed by atoms with E-state index < -0.39 is 17.5 Å². The van der Waals surface area contributed by atoms with Gasteiger partial charge in [0.1, 0.15) is 12.1 Å². The number of amides is 4. The Bertz CT molecular complexity index is 733. The Kier molecular flexibility index (Phi) is 4.75. The molecule has 2 aliphatic rings. The minimum atomic E-state index is -1.15. The summed E-state index contributed by atoms with van der Waals surface area (Å²) in [5.41, 5.74) is 6.33. The second kappa shape index (κ2) is 6.72. The summed E-state index contributed by atoms with van der Waals surface area (Å²) >= 11 is 0. The van der Waals surface area contributed by atoms with Gasteiger partial charge in [-0.1, -0.05) is 29.8 Å². The fourth-order valence-corrected chi connectivity index (χ4v) is 3.81. The van der Waals surface area contributed by atoms with Crippen LogP contribution in [0.5, 0.6) is 0 Å². The Morgan fingerprint density at radius 1 is 1.31 bits per heavy atom. The molecule has 140 valence electrons. The Morgan fingerprint density at radius 2 is 1.96 bits per heavy atom. The maximum atomic E-state index is 12.9. The van der Waals surface area contributed by atoms with Gasteiger partial charge in [-0.25, -0.2) is 4.79 Å². The Balaban J connectivity index is 1.75. The van der Waals surface area contributed by atoms with Crippen molar-refractivity contribution in [2.75, 3.05) is 19.6 Å². The monoisotopic (exact) mass is 358 g/mol. The quantitative estimate of drug-likeness (QED) is 0.784. The highest BCUT2D eigenvalue weighted by Gasteiger charge is 2.50. The van der Waals surface area contributed by atoms with Gasteiger partial charge in [0.2, 0.25) is 5.91 Å². The first-order chi connectivity index (χ1) is 12.3. The Hall–Kier alpha value is -2.41. The van der Waals surface area contributed by atoms with Crippen molar-refractivity contribution in [1.29, 1.82) is 0 Å². The van der Waals surface area contributed by atoms with Crippen molar-refractivity contribution < 1.29 is 14.4 Å². The molecule has 3 unspecified atom stereocenters. The van der Waals surface area contributed by atoms with E-state index in [2.05, 4.69) is 5.32 Å². The highest BCUT2D eigenvalue weighted by atomic mass is 16.2. The molecule has 3 N–H and O–H groups in total. The van der Waals surface area contributed by atoms with Crippen molar-refractivity contribution in [3.05, 3.63) is 35.4 Å². The standard InChI is InChI=1S/C19H26N4O3/c1-12-4-6-15(7-5-12)19(3)17(25)23(18(26)21-19)11-16(24)22-10-14(9-20)8-13(22)2/h4-7,13-14H,8-11,20H2,1-3H3,(H,21,26). The van der Waals surface area contributed by atoms with Gasteiger partial charge < -0.3 is 16.0 Å². The SMILES string of the molecule is Cc1ccc(C2(C)NC(=O)N(CC(=O)N3CC(CN)CC3C)C2=O)cc1. The molecule has 0 aliphatic carbocycles. The number of hydrogen-bond acceptors (Lipinski definition) is 4. The van der Waals surface area contributed by atoms with Crippen molar-refractivity contribution in [3.8, 4) is 0 Å². The molecule has 2 heterocycles. The molecular formula is C19H26N4O3. The molecule has 0 radical (unpaired) electrons. The Morgan fingerprint density at radius 3 is 2.54 bits per heavy atom. The van der Waals surface area contributed by atoms with Crippen LogP contribution in [0.1, 0.15) is 31.4 Å². The van der Waals surface area contributed by atoms with Gasteiger partial charge in [-0.05, 0) is 45.2 Å². The average Bonchev–Trinajstić information content (AvgIpc) is 3.09. The van der Waals surface area contributed by atoms with Crippen LogP contribution in [0.25, 0.3) is 0 Å². The normalized spacial score (nSPS) is 28.6. The highest BCUT2D eigenvalue weighted by molar-refractivity contribution is 6.09. The molecule has 2 aliphatic heterocycles. The number of nitrogens with zero attached hydrogens (tertiary/aromatic N) is 2. The topological polar surface area (TPSA) is 95.7 Å². The molecule has 7 heteroatoms. The first-order valence-corrected chi connectivity index (χ1v) is 8.97.